The Morgan fingerprint density at radius 1 is 0.920 bits per heavy atom. The predicted octanol–water partition coefficient (Wildman–Crippen LogP) is 3.15. The zero-order valence-corrected chi connectivity index (χ0v) is 14.7. The summed E-state index contributed by atoms with van der Waals surface area (Å²) in [7, 11) is 0. The van der Waals surface area contributed by atoms with Gasteiger partial charge < -0.3 is 5.32 Å². The molecule has 1 heterocycles. The molecule has 2 aromatic carbocycles. The number of aryl methyl sites for hydroxylation is 1. The maximum Gasteiger partial charge on any atom is 0.278 e. The van der Waals surface area contributed by atoms with Gasteiger partial charge in [-0.2, -0.15) is 0 Å². The summed E-state index contributed by atoms with van der Waals surface area (Å²) >= 11 is 6.10. The second-order valence-electron chi connectivity index (χ2n) is 6.03. The van der Waals surface area contributed by atoms with Crippen molar-refractivity contribution >= 4 is 23.4 Å². The molecule has 4 nitrogen and oxygen atoms in total. The summed E-state index contributed by atoms with van der Waals surface area (Å²) in [4.78, 5) is 26.0. The van der Waals surface area contributed by atoms with Crippen molar-refractivity contribution in [3.63, 3.8) is 0 Å². The highest BCUT2D eigenvalue weighted by Crippen LogP contribution is 2.23. The van der Waals surface area contributed by atoms with Crippen LogP contribution in [0.4, 0.5) is 0 Å². The highest BCUT2D eigenvalue weighted by atomic mass is 35.5. The third-order valence-corrected chi connectivity index (χ3v) is 4.52. The monoisotopic (exact) mass is 354 g/mol. The molecule has 3 rings (SSSR count). The van der Waals surface area contributed by atoms with Crippen LogP contribution < -0.4 is 5.32 Å². The molecule has 0 saturated heterocycles. The van der Waals surface area contributed by atoms with Crippen molar-refractivity contribution in [1.29, 1.82) is 0 Å². The Morgan fingerprint density at radius 2 is 1.60 bits per heavy atom. The maximum atomic E-state index is 12.5. The van der Waals surface area contributed by atoms with E-state index in [1.54, 1.807) is 0 Å². The lowest BCUT2D eigenvalue weighted by molar-refractivity contribution is -0.137. The number of imide groups is 1. The van der Waals surface area contributed by atoms with E-state index in [0.29, 0.717) is 19.5 Å². The lowest BCUT2D eigenvalue weighted by Gasteiger charge is -2.15. The minimum atomic E-state index is -0.436. The summed E-state index contributed by atoms with van der Waals surface area (Å²) in [6.07, 6.45) is 0.605. The molecule has 0 saturated carbocycles. The average molecular weight is 355 g/mol. The fourth-order valence-electron chi connectivity index (χ4n) is 2.68. The Balaban J connectivity index is 1.63. The summed E-state index contributed by atoms with van der Waals surface area (Å²) in [5.74, 6) is -0.799. The molecule has 0 fully saturated rings. The minimum absolute atomic E-state index is 0.0369. The first-order chi connectivity index (χ1) is 12.1. The Labute approximate surface area is 152 Å². The Bertz CT molecular complexity index is 813. The fourth-order valence-corrected chi connectivity index (χ4v) is 2.93. The molecule has 0 aliphatic carbocycles. The zero-order valence-electron chi connectivity index (χ0n) is 14.0. The van der Waals surface area contributed by atoms with Crippen LogP contribution in [0, 0.1) is 6.92 Å². The van der Waals surface area contributed by atoms with Crippen LogP contribution in [0.5, 0.6) is 0 Å². The third kappa shape index (κ3) is 3.91. The van der Waals surface area contributed by atoms with Gasteiger partial charge in [-0.15, -0.1) is 0 Å². The molecule has 2 amide bonds. The normalized spacial score (nSPS) is 14.4. The number of nitrogens with zero attached hydrogens (tertiary/aromatic N) is 1. The van der Waals surface area contributed by atoms with Crippen molar-refractivity contribution < 1.29 is 9.59 Å². The van der Waals surface area contributed by atoms with Crippen LogP contribution in [0.1, 0.15) is 16.7 Å². The highest BCUT2D eigenvalue weighted by molar-refractivity contribution is 6.47. The summed E-state index contributed by atoms with van der Waals surface area (Å²) in [5, 5.41) is 2.97. The molecule has 5 heteroatoms. The number of rotatable bonds is 6. The first kappa shape index (κ1) is 17.2. The maximum absolute atomic E-state index is 12.5. The molecule has 0 bridgehead atoms. The van der Waals surface area contributed by atoms with Gasteiger partial charge in [0.15, 0.2) is 0 Å². The smallest absolute Gasteiger partial charge is 0.278 e. The third-order valence-electron chi connectivity index (χ3n) is 4.17. The van der Waals surface area contributed by atoms with Crippen LogP contribution in [0.15, 0.2) is 65.3 Å². The van der Waals surface area contributed by atoms with Crippen molar-refractivity contribution in [3.05, 3.63) is 82.0 Å². The van der Waals surface area contributed by atoms with Gasteiger partial charge in [-0.05, 0) is 24.5 Å². The molecule has 0 spiro atoms. The van der Waals surface area contributed by atoms with Crippen molar-refractivity contribution in [1.82, 2.24) is 10.2 Å². The molecule has 0 radical (unpaired) electrons. The Hall–Kier alpha value is -2.59. The predicted molar refractivity (Wildman–Crippen MR) is 97.8 cm³/mol. The number of nitrogens with one attached hydrogen (secondary N) is 1. The minimum Gasteiger partial charge on any atom is -0.375 e. The fraction of sp³-hybridized carbons (Fsp3) is 0.200. The molecular formula is C20H19ClN2O2. The zero-order chi connectivity index (χ0) is 17.8. The Kier molecular flexibility index (Phi) is 5.19. The van der Waals surface area contributed by atoms with E-state index in [0.717, 1.165) is 11.1 Å². The summed E-state index contributed by atoms with van der Waals surface area (Å²) in [6.45, 7) is 2.77. The average Bonchev–Trinajstić information content (AvgIpc) is 2.83. The molecule has 0 unspecified atom stereocenters. The SMILES string of the molecule is Cc1ccc(CNC2=C(Cl)C(=O)N(CCc3ccccc3)C2=O)cc1. The standard InChI is InChI=1S/C20H19ClN2O2/c1-14-7-9-16(10-8-14)13-22-18-17(21)19(24)23(20(18)25)12-11-15-5-3-2-4-6-15/h2-10,22H,11-13H2,1H3. The van der Waals surface area contributed by atoms with Crippen LogP contribution in [-0.2, 0) is 22.6 Å². The van der Waals surface area contributed by atoms with Crippen LogP contribution >= 0.6 is 11.6 Å². The largest absolute Gasteiger partial charge is 0.375 e. The lowest BCUT2D eigenvalue weighted by Crippen LogP contribution is -2.35. The number of hydrogen-bond acceptors (Lipinski definition) is 3. The van der Waals surface area contributed by atoms with Crippen LogP contribution in [-0.4, -0.2) is 23.3 Å². The van der Waals surface area contributed by atoms with E-state index in [4.69, 9.17) is 11.6 Å². The number of carbonyl (C=O) groups excluding carboxylic acids is 2. The summed E-state index contributed by atoms with van der Waals surface area (Å²) in [5.41, 5.74) is 3.44. The highest BCUT2D eigenvalue weighted by Gasteiger charge is 2.37. The molecule has 25 heavy (non-hydrogen) atoms. The van der Waals surface area contributed by atoms with Crippen LogP contribution in [0.2, 0.25) is 0 Å². The molecule has 1 aliphatic rings. The van der Waals surface area contributed by atoms with E-state index in [1.807, 2.05) is 61.5 Å². The first-order valence-corrected chi connectivity index (χ1v) is 8.53. The van der Waals surface area contributed by atoms with E-state index < -0.39 is 5.91 Å². The molecule has 0 atom stereocenters. The Morgan fingerprint density at radius 3 is 2.28 bits per heavy atom. The van der Waals surface area contributed by atoms with E-state index in [-0.39, 0.29) is 16.6 Å². The van der Waals surface area contributed by atoms with Crippen LogP contribution in [0.3, 0.4) is 0 Å². The van der Waals surface area contributed by atoms with Crippen molar-refractivity contribution in [3.8, 4) is 0 Å². The number of hydrogen-bond donors (Lipinski definition) is 1. The van der Waals surface area contributed by atoms with Gasteiger partial charge in [-0.3, -0.25) is 14.5 Å². The van der Waals surface area contributed by atoms with Crippen molar-refractivity contribution in [2.45, 2.75) is 19.9 Å². The van der Waals surface area contributed by atoms with Gasteiger partial charge in [-0.25, -0.2) is 0 Å². The van der Waals surface area contributed by atoms with Gasteiger partial charge in [0.2, 0.25) is 0 Å². The van der Waals surface area contributed by atoms with E-state index in [2.05, 4.69) is 5.32 Å². The molecule has 0 aromatic heterocycles. The lowest BCUT2D eigenvalue weighted by atomic mass is 10.1. The van der Waals surface area contributed by atoms with Gasteiger partial charge in [0.1, 0.15) is 10.7 Å². The molecule has 128 valence electrons. The topological polar surface area (TPSA) is 49.4 Å². The molecule has 1 N–H and O–H groups in total. The van der Waals surface area contributed by atoms with E-state index >= 15 is 0 Å². The molecule has 1 aliphatic heterocycles. The number of benzene rings is 2. The number of amides is 2. The van der Waals surface area contributed by atoms with Crippen LogP contribution in [0.25, 0.3) is 0 Å². The quantitative estimate of drug-likeness (QED) is 0.811. The van der Waals surface area contributed by atoms with Gasteiger partial charge in [0, 0.05) is 13.1 Å². The summed E-state index contributed by atoms with van der Waals surface area (Å²) in [6, 6.07) is 17.7. The van der Waals surface area contributed by atoms with E-state index in [1.165, 1.54) is 10.5 Å². The van der Waals surface area contributed by atoms with Crippen molar-refractivity contribution in [2.75, 3.05) is 6.54 Å². The van der Waals surface area contributed by atoms with Gasteiger partial charge in [0.05, 0.1) is 0 Å². The van der Waals surface area contributed by atoms with Crippen molar-refractivity contribution in [2.24, 2.45) is 0 Å². The molecular weight excluding hydrogens is 336 g/mol. The second-order valence-corrected chi connectivity index (χ2v) is 6.40. The molecule has 2 aromatic rings. The number of carbonyl (C=O) groups is 2. The van der Waals surface area contributed by atoms with Gasteiger partial charge >= 0.3 is 0 Å². The number of halogens is 1. The van der Waals surface area contributed by atoms with Gasteiger partial charge in [0.25, 0.3) is 11.8 Å². The summed E-state index contributed by atoms with van der Waals surface area (Å²) < 4.78 is 0. The first-order valence-electron chi connectivity index (χ1n) is 8.15. The van der Waals surface area contributed by atoms with E-state index in [9.17, 15) is 9.59 Å². The second kappa shape index (κ2) is 7.53. The van der Waals surface area contributed by atoms with Gasteiger partial charge in [-0.1, -0.05) is 71.8 Å².